The quantitative estimate of drug-likeness (QED) is 0.840. The summed E-state index contributed by atoms with van der Waals surface area (Å²) in [6.45, 7) is 3.75. The SMILES string of the molecule is CCOc1ccc(CN2CC(CO)CC2=O)cn1. The van der Waals surface area contributed by atoms with Crippen LogP contribution < -0.4 is 4.74 Å². The van der Waals surface area contributed by atoms with Crippen LogP contribution in [0.4, 0.5) is 0 Å². The highest BCUT2D eigenvalue weighted by Crippen LogP contribution is 2.19. The molecular formula is C13H18N2O3. The Morgan fingerprint density at radius 1 is 1.56 bits per heavy atom. The number of aliphatic hydroxyl groups is 1. The van der Waals surface area contributed by atoms with Crippen molar-refractivity contribution >= 4 is 5.91 Å². The van der Waals surface area contributed by atoms with Gasteiger partial charge in [-0.3, -0.25) is 4.79 Å². The van der Waals surface area contributed by atoms with E-state index in [0.29, 0.717) is 32.0 Å². The summed E-state index contributed by atoms with van der Waals surface area (Å²) in [5.74, 6) is 0.776. The largest absolute Gasteiger partial charge is 0.478 e. The third-order valence-electron chi connectivity index (χ3n) is 3.02. The zero-order chi connectivity index (χ0) is 13.0. The normalized spacial score (nSPS) is 19.3. The van der Waals surface area contributed by atoms with Crippen molar-refractivity contribution in [3.05, 3.63) is 23.9 Å². The summed E-state index contributed by atoms with van der Waals surface area (Å²) in [7, 11) is 0. The summed E-state index contributed by atoms with van der Waals surface area (Å²) in [5.41, 5.74) is 0.977. The molecule has 0 aromatic carbocycles. The van der Waals surface area contributed by atoms with Gasteiger partial charge in [-0.25, -0.2) is 4.98 Å². The molecule has 1 atom stereocenters. The van der Waals surface area contributed by atoms with E-state index in [2.05, 4.69) is 4.98 Å². The third-order valence-corrected chi connectivity index (χ3v) is 3.02. The summed E-state index contributed by atoms with van der Waals surface area (Å²) < 4.78 is 5.26. The minimum absolute atomic E-state index is 0.0732. The van der Waals surface area contributed by atoms with Gasteiger partial charge >= 0.3 is 0 Å². The van der Waals surface area contributed by atoms with Crippen molar-refractivity contribution in [2.45, 2.75) is 19.9 Å². The van der Waals surface area contributed by atoms with Gasteiger partial charge in [0.1, 0.15) is 0 Å². The zero-order valence-electron chi connectivity index (χ0n) is 10.5. The number of rotatable bonds is 5. The van der Waals surface area contributed by atoms with Crippen molar-refractivity contribution < 1.29 is 14.6 Å². The van der Waals surface area contributed by atoms with Gasteiger partial charge in [0.15, 0.2) is 0 Å². The topological polar surface area (TPSA) is 62.7 Å². The number of ether oxygens (including phenoxy) is 1. The first-order valence-electron chi connectivity index (χ1n) is 6.19. The Hall–Kier alpha value is -1.62. The molecule has 1 aliphatic heterocycles. The summed E-state index contributed by atoms with van der Waals surface area (Å²) in [5, 5.41) is 9.06. The molecule has 5 nitrogen and oxygen atoms in total. The lowest BCUT2D eigenvalue weighted by molar-refractivity contribution is -0.128. The molecule has 0 radical (unpaired) electrons. The van der Waals surface area contributed by atoms with E-state index in [4.69, 9.17) is 9.84 Å². The van der Waals surface area contributed by atoms with Crippen LogP contribution in [0.1, 0.15) is 18.9 Å². The molecule has 5 heteroatoms. The molecule has 1 fully saturated rings. The van der Waals surface area contributed by atoms with Gasteiger partial charge in [0.2, 0.25) is 11.8 Å². The molecule has 0 spiro atoms. The second-order valence-corrected chi connectivity index (χ2v) is 4.46. The molecule has 1 unspecified atom stereocenters. The molecular weight excluding hydrogens is 232 g/mol. The summed E-state index contributed by atoms with van der Waals surface area (Å²) in [6, 6.07) is 3.72. The van der Waals surface area contributed by atoms with E-state index in [9.17, 15) is 4.79 Å². The van der Waals surface area contributed by atoms with Gasteiger partial charge < -0.3 is 14.7 Å². The van der Waals surface area contributed by atoms with Gasteiger partial charge in [-0.05, 0) is 12.5 Å². The van der Waals surface area contributed by atoms with Crippen LogP contribution in [-0.4, -0.2) is 40.7 Å². The number of carbonyl (C=O) groups excluding carboxylic acids is 1. The Morgan fingerprint density at radius 2 is 2.39 bits per heavy atom. The van der Waals surface area contributed by atoms with Gasteiger partial charge in [-0.1, -0.05) is 6.07 Å². The number of nitrogens with zero attached hydrogens (tertiary/aromatic N) is 2. The second-order valence-electron chi connectivity index (χ2n) is 4.46. The van der Waals surface area contributed by atoms with Gasteiger partial charge in [0.25, 0.3) is 0 Å². The number of aliphatic hydroxyl groups excluding tert-OH is 1. The van der Waals surface area contributed by atoms with Gasteiger partial charge in [-0.15, -0.1) is 0 Å². The van der Waals surface area contributed by atoms with E-state index < -0.39 is 0 Å². The molecule has 1 saturated heterocycles. The molecule has 0 aliphatic carbocycles. The number of hydrogen-bond acceptors (Lipinski definition) is 4. The monoisotopic (exact) mass is 250 g/mol. The number of hydrogen-bond donors (Lipinski definition) is 1. The summed E-state index contributed by atoms with van der Waals surface area (Å²) >= 11 is 0. The lowest BCUT2D eigenvalue weighted by atomic mass is 10.1. The Kier molecular flexibility index (Phi) is 4.15. The van der Waals surface area contributed by atoms with E-state index in [1.807, 2.05) is 19.1 Å². The van der Waals surface area contributed by atoms with Crippen LogP contribution in [0.5, 0.6) is 5.88 Å². The summed E-state index contributed by atoms with van der Waals surface area (Å²) in [6.07, 6.45) is 2.17. The predicted molar refractivity (Wildman–Crippen MR) is 66.0 cm³/mol. The second kappa shape index (κ2) is 5.82. The Labute approximate surface area is 106 Å². The van der Waals surface area contributed by atoms with Crippen LogP contribution in [-0.2, 0) is 11.3 Å². The van der Waals surface area contributed by atoms with E-state index in [1.165, 1.54) is 0 Å². The highest BCUT2D eigenvalue weighted by Gasteiger charge is 2.28. The van der Waals surface area contributed by atoms with Crippen molar-refractivity contribution in [1.29, 1.82) is 0 Å². The lowest BCUT2D eigenvalue weighted by Crippen LogP contribution is -2.25. The fraction of sp³-hybridized carbons (Fsp3) is 0.538. The molecule has 0 saturated carbocycles. The molecule has 0 bridgehead atoms. The minimum Gasteiger partial charge on any atom is -0.478 e. The first-order chi connectivity index (χ1) is 8.72. The Morgan fingerprint density at radius 3 is 2.94 bits per heavy atom. The van der Waals surface area contributed by atoms with Crippen molar-refractivity contribution in [3.8, 4) is 5.88 Å². The molecule has 1 N–H and O–H groups in total. The maximum absolute atomic E-state index is 11.7. The molecule has 2 heterocycles. The Balaban J connectivity index is 1.95. The molecule has 1 aromatic heterocycles. The van der Waals surface area contributed by atoms with Gasteiger partial charge in [0.05, 0.1) is 6.61 Å². The van der Waals surface area contributed by atoms with Crippen LogP contribution in [0.3, 0.4) is 0 Å². The van der Waals surface area contributed by atoms with Crippen molar-refractivity contribution in [2.24, 2.45) is 5.92 Å². The lowest BCUT2D eigenvalue weighted by Gasteiger charge is -2.16. The van der Waals surface area contributed by atoms with Crippen molar-refractivity contribution in [1.82, 2.24) is 9.88 Å². The fourth-order valence-corrected chi connectivity index (χ4v) is 2.09. The molecule has 1 amide bonds. The van der Waals surface area contributed by atoms with Crippen LogP contribution >= 0.6 is 0 Å². The maximum Gasteiger partial charge on any atom is 0.223 e. The van der Waals surface area contributed by atoms with Gasteiger partial charge in [-0.2, -0.15) is 0 Å². The standard InChI is InChI=1S/C13H18N2O3/c1-2-18-12-4-3-10(6-14-12)7-15-8-11(9-16)5-13(15)17/h3-4,6,11,16H,2,5,7-9H2,1H3. The Bertz CT molecular complexity index is 405. The van der Waals surface area contributed by atoms with E-state index in [1.54, 1.807) is 11.1 Å². The van der Waals surface area contributed by atoms with E-state index in [-0.39, 0.29) is 18.4 Å². The van der Waals surface area contributed by atoms with E-state index in [0.717, 1.165) is 5.56 Å². The fourth-order valence-electron chi connectivity index (χ4n) is 2.09. The predicted octanol–water partition coefficient (Wildman–Crippen LogP) is 0.821. The van der Waals surface area contributed by atoms with Crippen molar-refractivity contribution in [3.63, 3.8) is 0 Å². The van der Waals surface area contributed by atoms with Gasteiger partial charge in [0, 0.05) is 44.3 Å². The van der Waals surface area contributed by atoms with Crippen LogP contribution in [0.15, 0.2) is 18.3 Å². The van der Waals surface area contributed by atoms with E-state index >= 15 is 0 Å². The third kappa shape index (κ3) is 2.98. The first kappa shape index (κ1) is 12.8. The highest BCUT2D eigenvalue weighted by molar-refractivity contribution is 5.78. The summed E-state index contributed by atoms with van der Waals surface area (Å²) in [4.78, 5) is 17.6. The average Bonchev–Trinajstić information content (AvgIpc) is 2.73. The number of carbonyl (C=O) groups is 1. The minimum atomic E-state index is 0.0732. The maximum atomic E-state index is 11.7. The van der Waals surface area contributed by atoms with Crippen LogP contribution in [0.25, 0.3) is 0 Å². The average molecular weight is 250 g/mol. The van der Waals surface area contributed by atoms with Crippen molar-refractivity contribution in [2.75, 3.05) is 19.8 Å². The number of aromatic nitrogens is 1. The highest BCUT2D eigenvalue weighted by atomic mass is 16.5. The number of amides is 1. The molecule has 2 rings (SSSR count). The number of pyridine rings is 1. The smallest absolute Gasteiger partial charge is 0.223 e. The van der Waals surface area contributed by atoms with Crippen LogP contribution in [0.2, 0.25) is 0 Å². The first-order valence-corrected chi connectivity index (χ1v) is 6.19. The molecule has 98 valence electrons. The molecule has 18 heavy (non-hydrogen) atoms. The molecule has 1 aliphatic rings. The zero-order valence-corrected chi connectivity index (χ0v) is 10.5. The van der Waals surface area contributed by atoms with Crippen LogP contribution in [0, 0.1) is 5.92 Å². The molecule has 1 aromatic rings. The number of likely N-dealkylation sites (tertiary alicyclic amines) is 1.